The highest BCUT2D eigenvalue weighted by atomic mass is 35.5. The molecule has 0 bridgehead atoms. The van der Waals surface area contributed by atoms with Crippen LogP contribution in [-0.2, 0) is 9.53 Å². The highest BCUT2D eigenvalue weighted by Gasteiger charge is 2.23. The van der Waals surface area contributed by atoms with Gasteiger partial charge in [0.2, 0.25) is 0 Å². The molecule has 0 fully saturated rings. The van der Waals surface area contributed by atoms with Crippen LogP contribution in [0.1, 0.15) is 27.7 Å². The highest BCUT2D eigenvalue weighted by Crippen LogP contribution is 2.25. The quantitative estimate of drug-likeness (QED) is 0.804. The minimum Gasteiger partial charge on any atom is -0.479 e. The van der Waals surface area contributed by atoms with Crippen LogP contribution < -0.4 is 4.74 Å². The highest BCUT2D eigenvalue weighted by molar-refractivity contribution is 6.35. The molecule has 0 saturated heterocycles. The predicted molar refractivity (Wildman–Crippen MR) is 82.7 cm³/mol. The number of ether oxygens (including phenoxy) is 2. The van der Waals surface area contributed by atoms with Crippen LogP contribution >= 0.6 is 11.6 Å². The minimum absolute atomic E-state index is 0.401. The van der Waals surface area contributed by atoms with E-state index in [1.54, 1.807) is 31.3 Å². The Bertz CT molecular complexity index is 664. The lowest BCUT2D eigenvalue weighted by atomic mass is 10.2. The number of hydrogen-bond donors (Lipinski definition) is 0. The predicted octanol–water partition coefficient (Wildman–Crippen LogP) is 4.00. The lowest BCUT2D eigenvalue weighted by Gasteiger charge is -2.22. The molecule has 0 aliphatic heterocycles. The minimum atomic E-state index is -0.694. The fourth-order valence-electron chi connectivity index (χ4n) is 1.80. The molecular formula is C16H18ClNO3. The van der Waals surface area contributed by atoms with Crippen LogP contribution in [0.15, 0.2) is 30.5 Å². The summed E-state index contributed by atoms with van der Waals surface area (Å²) in [7, 11) is 0. The summed E-state index contributed by atoms with van der Waals surface area (Å²) in [6.07, 6.45) is 0.937. The van der Waals surface area contributed by atoms with Crippen molar-refractivity contribution in [1.29, 1.82) is 0 Å². The standard InChI is InChI=1S/C16H18ClNO3/c1-10(15(19)21-16(2,3)4)20-11-5-6-12-13(17)7-8-18-14(12)9-11/h5-10H,1-4H3. The number of carbonyl (C=O) groups excluding carboxylic acids is 1. The number of rotatable bonds is 3. The van der Waals surface area contributed by atoms with Crippen molar-refractivity contribution in [3.63, 3.8) is 0 Å². The molecule has 1 atom stereocenters. The van der Waals surface area contributed by atoms with Crippen molar-refractivity contribution in [2.24, 2.45) is 0 Å². The van der Waals surface area contributed by atoms with Gasteiger partial charge in [-0.2, -0.15) is 0 Å². The molecule has 5 heteroatoms. The molecule has 0 radical (unpaired) electrons. The first-order chi connectivity index (χ1) is 9.76. The molecule has 1 unspecified atom stereocenters. The molecule has 1 aromatic carbocycles. The van der Waals surface area contributed by atoms with E-state index in [1.165, 1.54) is 0 Å². The second-order valence-electron chi connectivity index (χ2n) is 5.77. The monoisotopic (exact) mass is 307 g/mol. The van der Waals surface area contributed by atoms with E-state index in [0.717, 1.165) is 10.9 Å². The molecule has 0 N–H and O–H groups in total. The van der Waals surface area contributed by atoms with E-state index in [4.69, 9.17) is 21.1 Å². The molecule has 0 saturated carbocycles. The number of hydrogen-bond acceptors (Lipinski definition) is 4. The van der Waals surface area contributed by atoms with Gasteiger partial charge >= 0.3 is 5.97 Å². The SMILES string of the molecule is CC(Oc1ccc2c(Cl)ccnc2c1)C(=O)OC(C)(C)C. The molecular weight excluding hydrogens is 290 g/mol. The van der Waals surface area contributed by atoms with Crippen LogP contribution in [0.25, 0.3) is 10.9 Å². The van der Waals surface area contributed by atoms with Crippen LogP contribution in [0.3, 0.4) is 0 Å². The summed E-state index contributed by atoms with van der Waals surface area (Å²) < 4.78 is 10.9. The largest absolute Gasteiger partial charge is 0.479 e. The van der Waals surface area contributed by atoms with Gasteiger partial charge in [-0.15, -0.1) is 0 Å². The average molecular weight is 308 g/mol. The lowest BCUT2D eigenvalue weighted by molar-refractivity contribution is -0.162. The summed E-state index contributed by atoms with van der Waals surface area (Å²) >= 11 is 6.08. The molecule has 1 aromatic heterocycles. The molecule has 112 valence electrons. The molecule has 1 heterocycles. The summed E-state index contributed by atoms with van der Waals surface area (Å²) in [5.41, 5.74) is 0.184. The zero-order chi connectivity index (χ0) is 15.6. The molecule has 0 amide bonds. The zero-order valence-corrected chi connectivity index (χ0v) is 13.3. The van der Waals surface area contributed by atoms with E-state index in [-0.39, 0.29) is 0 Å². The molecule has 2 aromatic rings. The Morgan fingerprint density at radius 2 is 2.00 bits per heavy atom. The Balaban J connectivity index is 2.14. The smallest absolute Gasteiger partial charge is 0.347 e. The number of fused-ring (bicyclic) bond motifs is 1. The maximum atomic E-state index is 11.9. The van der Waals surface area contributed by atoms with Gasteiger partial charge in [-0.1, -0.05) is 11.6 Å². The lowest BCUT2D eigenvalue weighted by Crippen LogP contribution is -2.33. The summed E-state index contributed by atoms with van der Waals surface area (Å²) in [5, 5.41) is 1.48. The average Bonchev–Trinajstić information content (AvgIpc) is 2.36. The Hall–Kier alpha value is -1.81. The molecule has 0 spiro atoms. The number of pyridine rings is 1. The normalized spacial score (nSPS) is 13.0. The van der Waals surface area contributed by atoms with Crippen molar-refractivity contribution in [3.05, 3.63) is 35.5 Å². The van der Waals surface area contributed by atoms with Crippen LogP contribution in [-0.4, -0.2) is 22.7 Å². The third-order valence-corrected chi connectivity index (χ3v) is 3.04. The topological polar surface area (TPSA) is 48.4 Å². The number of nitrogens with zero attached hydrogens (tertiary/aromatic N) is 1. The summed E-state index contributed by atoms with van der Waals surface area (Å²) in [6, 6.07) is 7.06. The van der Waals surface area contributed by atoms with Gasteiger partial charge in [0.15, 0.2) is 6.10 Å². The van der Waals surface area contributed by atoms with Gasteiger partial charge in [0, 0.05) is 17.6 Å². The first-order valence-corrected chi connectivity index (χ1v) is 7.08. The molecule has 0 aliphatic rings. The van der Waals surface area contributed by atoms with Crippen LogP contribution in [0, 0.1) is 0 Å². The van der Waals surface area contributed by atoms with Gasteiger partial charge in [-0.05, 0) is 45.9 Å². The van der Waals surface area contributed by atoms with E-state index in [2.05, 4.69) is 4.98 Å². The first-order valence-electron chi connectivity index (χ1n) is 6.70. The van der Waals surface area contributed by atoms with Crippen molar-refractivity contribution in [2.75, 3.05) is 0 Å². The number of esters is 1. The second kappa shape index (κ2) is 5.90. The Labute approximate surface area is 129 Å². The van der Waals surface area contributed by atoms with Crippen LogP contribution in [0.4, 0.5) is 0 Å². The third kappa shape index (κ3) is 4.08. The van der Waals surface area contributed by atoms with Gasteiger partial charge in [0.05, 0.1) is 10.5 Å². The fourth-order valence-corrected chi connectivity index (χ4v) is 2.02. The number of aromatic nitrogens is 1. The van der Waals surface area contributed by atoms with E-state index >= 15 is 0 Å². The van der Waals surface area contributed by atoms with Gasteiger partial charge in [-0.25, -0.2) is 4.79 Å². The van der Waals surface area contributed by atoms with Gasteiger partial charge in [-0.3, -0.25) is 4.98 Å². The summed E-state index contributed by atoms with van der Waals surface area (Å²) in [5.74, 6) is 0.150. The maximum Gasteiger partial charge on any atom is 0.347 e. The fraction of sp³-hybridized carbons (Fsp3) is 0.375. The van der Waals surface area contributed by atoms with Crippen molar-refractivity contribution >= 4 is 28.5 Å². The van der Waals surface area contributed by atoms with E-state index in [1.807, 2.05) is 26.8 Å². The molecule has 21 heavy (non-hydrogen) atoms. The van der Waals surface area contributed by atoms with E-state index < -0.39 is 17.7 Å². The second-order valence-corrected chi connectivity index (χ2v) is 6.17. The van der Waals surface area contributed by atoms with Crippen molar-refractivity contribution < 1.29 is 14.3 Å². The van der Waals surface area contributed by atoms with E-state index in [0.29, 0.717) is 10.8 Å². The number of halogens is 1. The van der Waals surface area contributed by atoms with Gasteiger partial charge in [0.25, 0.3) is 0 Å². The maximum absolute atomic E-state index is 11.9. The molecule has 0 aliphatic carbocycles. The Morgan fingerprint density at radius 3 is 2.67 bits per heavy atom. The molecule has 4 nitrogen and oxygen atoms in total. The third-order valence-electron chi connectivity index (χ3n) is 2.71. The van der Waals surface area contributed by atoms with Gasteiger partial charge < -0.3 is 9.47 Å². The zero-order valence-electron chi connectivity index (χ0n) is 12.5. The number of carbonyl (C=O) groups is 1. The Kier molecular flexibility index (Phi) is 4.37. The first kappa shape index (κ1) is 15.6. The summed E-state index contributed by atoms with van der Waals surface area (Å²) in [6.45, 7) is 7.11. The Morgan fingerprint density at radius 1 is 1.29 bits per heavy atom. The van der Waals surface area contributed by atoms with E-state index in [9.17, 15) is 4.79 Å². The van der Waals surface area contributed by atoms with Crippen molar-refractivity contribution in [2.45, 2.75) is 39.4 Å². The summed E-state index contributed by atoms with van der Waals surface area (Å²) in [4.78, 5) is 16.1. The molecule has 2 rings (SSSR count). The van der Waals surface area contributed by atoms with Gasteiger partial charge in [0.1, 0.15) is 11.4 Å². The van der Waals surface area contributed by atoms with Crippen LogP contribution in [0.2, 0.25) is 5.02 Å². The van der Waals surface area contributed by atoms with Crippen LogP contribution in [0.5, 0.6) is 5.75 Å². The van der Waals surface area contributed by atoms with Crippen molar-refractivity contribution in [3.8, 4) is 5.75 Å². The van der Waals surface area contributed by atoms with Crippen molar-refractivity contribution in [1.82, 2.24) is 4.98 Å². The number of benzene rings is 1.